The fourth-order valence-corrected chi connectivity index (χ4v) is 2.89. The number of ether oxygens (including phenoxy) is 3. The van der Waals surface area contributed by atoms with Gasteiger partial charge in [0.2, 0.25) is 5.60 Å². The third-order valence-corrected chi connectivity index (χ3v) is 3.55. The van der Waals surface area contributed by atoms with Crippen molar-refractivity contribution in [2.24, 2.45) is 0 Å². The maximum absolute atomic E-state index is 11.9. The molecule has 3 unspecified atom stereocenters. The molecule has 0 aromatic carbocycles. The first-order valence-corrected chi connectivity index (χ1v) is 5.83. The number of fused-ring (bicyclic) bond motifs is 4. The molecule has 1 aliphatic carbocycles. The van der Waals surface area contributed by atoms with Gasteiger partial charge in [-0.2, -0.15) is 0 Å². The zero-order chi connectivity index (χ0) is 12.0. The minimum absolute atomic E-state index is 0.145. The second-order valence-corrected chi connectivity index (χ2v) is 4.74. The monoisotopic (exact) mass is 238 g/mol. The van der Waals surface area contributed by atoms with Crippen LogP contribution in [0.2, 0.25) is 0 Å². The molecule has 3 aliphatic rings. The lowest BCUT2D eigenvalue weighted by Gasteiger charge is -2.36. The Kier molecular flexibility index (Phi) is 2.26. The number of esters is 2. The van der Waals surface area contributed by atoms with E-state index in [1.54, 1.807) is 0 Å². The van der Waals surface area contributed by atoms with Gasteiger partial charge in [-0.1, -0.05) is 6.08 Å². The summed E-state index contributed by atoms with van der Waals surface area (Å²) in [5.41, 5.74) is -0.0829. The van der Waals surface area contributed by atoms with E-state index in [4.69, 9.17) is 14.2 Å². The number of rotatable bonds is 1. The standard InChI is InChI=1S/C12H14O5/c1-7(13)17-12-5-9-8(3-2-4-15-9)10(6-12)16-11(12)14/h3,9-10H,2,4-6H2,1H3. The third-order valence-electron chi connectivity index (χ3n) is 3.55. The van der Waals surface area contributed by atoms with Gasteiger partial charge in [0.15, 0.2) is 0 Å². The zero-order valence-corrected chi connectivity index (χ0v) is 9.60. The molecule has 0 aromatic rings. The molecular formula is C12H14O5. The second-order valence-electron chi connectivity index (χ2n) is 4.74. The van der Waals surface area contributed by atoms with E-state index in [1.165, 1.54) is 6.92 Å². The maximum atomic E-state index is 11.9. The highest BCUT2D eigenvalue weighted by molar-refractivity contribution is 5.86. The molecule has 0 N–H and O–H groups in total. The lowest BCUT2D eigenvalue weighted by molar-refractivity contribution is -0.173. The highest BCUT2D eigenvalue weighted by Gasteiger charge is 2.59. The minimum Gasteiger partial charge on any atom is -0.455 e. The molecule has 0 aromatic heterocycles. The van der Waals surface area contributed by atoms with E-state index in [0.29, 0.717) is 19.4 Å². The van der Waals surface area contributed by atoms with E-state index in [2.05, 4.69) is 6.08 Å². The molecule has 3 atom stereocenters. The van der Waals surface area contributed by atoms with Crippen LogP contribution in [0.5, 0.6) is 0 Å². The Morgan fingerprint density at radius 3 is 3.00 bits per heavy atom. The van der Waals surface area contributed by atoms with Gasteiger partial charge in [0.05, 0.1) is 12.7 Å². The largest absolute Gasteiger partial charge is 0.455 e. The van der Waals surface area contributed by atoms with Crippen LogP contribution < -0.4 is 0 Å². The van der Waals surface area contributed by atoms with Crippen LogP contribution >= 0.6 is 0 Å². The highest BCUT2D eigenvalue weighted by atomic mass is 16.6. The van der Waals surface area contributed by atoms with Gasteiger partial charge in [-0.3, -0.25) is 4.79 Å². The van der Waals surface area contributed by atoms with E-state index < -0.39 is 17.5 Å². The predicted octanol–water partition coefficient (Wildman–Crippen LogP) is 0.723. The van der Waals surface area contributed by atoms with Crippen molar-refractivity contribution in [3.05, 3.63) is 11.6 Å². The molecule has 2 fully saturated rings. The number of hydrogen-bond donors (Lipinski definition) is 0. The van der Waals surface area contributed by atoms with E-state index in [9.17, 15) is 9.59 Å². The van der Waals surface area contributed by atoms with Crippen molar-refractivity contribution in [3.8, 4) is 0 Å². The lowest BCUT2D eigenvalue weighted by Crippen LogP contribution is -2.47. The molecule has 2 heterocycles. The van der Waals surface area contributed by atoms with Gasteiger partial charge in [0.25, 0.3) is 0 Å². The van der Waals surface area contributed by atoms with Crippen LogP contribution in [-0.4, -0.2) is 36.4 Å². The van der Waals surface area contributed by atoms with Crippen LogP contribution in [0.15, 0.2) is 11.6 Å². The summed E-state index contributed by atoms with van der Waals surface area (Å²) in [4.78, 5) is 23.0. The number of hydrogen-bond acceptors (Lipinski definition) is 5. The van der Waals surface area contributed by atoms with Crippen LogP contribution in [0.3, 0.4) is 0 Å². The first kappa shape index (κ1) is 10.8. The SMILES string of the molecule is CC(=O)OC12CC3OCCC=C3C(C1)OC2=O. The van der Waals surface area contributed by atoms with Crippen LogP contribution in [0.25, 0.3) is 0 Å². The molecule has 5 nitrogen and oxygen atoms in total. The van der Waals surface area contributed by atoms with Crippen LogP contribution in [0, 0.1) is 0 Å². The zero-order valence-electron chi connectivity index (χ0n) is 9.60. The molecule has 5 heteroatoms. The Morgan fingerprint density at radius 2 is 2.24 bits per heavy atom. The van der Waals surface area contributed by atoms with E-state index in [0.717, 1.165) is 12.0 Å². The molecular weight excluding hydrogens is 224 g/mol. The second kappa shape index (κ2) is 3.57. The Morgan fingerprint density at radius 1 is 1.47 bits per heavy atom. The first-order valence-electron chi connectivity index (χ1n) is 5.83. The predicted molar refractivity (Wildman–Crippen MR) is 56.1 cm³/mol. The Bertz CT molecular complexity index is 413. The normalized spacial score (nSPS) is 39.1. The van der Waals surface area contributed by atoms with Gasteiger partial charge in [0.1, 0.15) is 6.10 Å². The third kappa shape index (κ3) is 1.57. The molecule has 1 saturated heterocycles. The minimum atomic E-state index is -1.12. The summed E-state index contributed by atoms with van der Waals surface area (Å²) in [6.07, 6.45) is 3.31. The molecule has 1 saturated carbocycles. The molecule has 0 radical (unpaired) electrons. The van der Waals surface area contributed by atoms with Crippen molar-refractivity contribution in [2.45, 2.75) is 44.0 Å². The number of carbonyl (C=O) groups excluding carboxylic acids is 2. The first-order chi connectivity index (χ1) is 8.11. The molecule has 2 aliphatic heterocycles. The smallest absolute Gasteiger partial charge is 0.351 e. The molecule has 92 valence electrons. The van der Waals surface area contributed by atoms with Gasteiger partial charge >= 0.3 is 11.9 Å². The molecule has 0 amide bonds. The van der Waals surface area contributed by atoms with Gasteiger partial charge < -0.3 is 14.2 Å². The van der Waals surface area contributed by atoms with Crippen molar-refractivity contribution >= 4 is 11.9 Å². The van der Waals surface area contributed by atoms with E-state index >= 15 is 0 Å². The van der Waals surface area contributed by atoms with Crippen molar-refractivity contribution < 1.29 is 23.8 Å². The quantitative estimate of drug-likeness (QED) is 0.497. The fourth-order valence-electron chi connectivity index (χ4n) is 2.89. The molecule has 0 spiro atoms. The van der Waals surface area contributed by atoms with Gasteiger partial charge in [0, 0.05) is 19.8 Å². The summed E-state index contributed by atoms with van der Waals surface area (Å²) in [5, 5.41) is 0. The van der Waals surface area contributed by atoms with Crippen molar-refractivity contribution in [1.29, 1.82) is 0 Å². The summed E-state index contributed by atoms with van der Waals surface area (Å²) < 4.78 is 16.1. The number of carbonyl (C=O) groups is 2. The Labute approximate surface area is 98.7 Å². The summed E-state index contributed by atoms with van der Waals surface area (Å²) in [7, 11) is 0. The van der Waals surface area contributed by atoms with Gasteiger partial charge in [-0.25, -0.2) is 4.79 Å². The van der Waals surface area contributed by atoms with Crippen LogP contribution in [0.4, 0.5) is 0 Å². The maximum Gasteiger partial charge on any atom is 0.351 e. The Balaban J connectivity index is 1.93. The molecule has 17 heavy (non-hydrogen) atoms. The molecule has 3 rings (SSSR count). The summed E-state index contributed by atoms with van der Waals surface area (Å²) >= 11 is 0. The average Bonchev–Trinajstić information content (AvgIpc) is 2.51. The van der Waals surface area contributed by atoms with Crippen LogP contribution in [0.1, 0.15) is 26.2 Å². The van der Waals surface area contributed by atoms with Crippen molar-refractivity contribution in [3.63, 3.8) is 0 Å². The summed E-state index contributed by atoms with van der Waals surface area (Å²) in [5.74, 6) is -0.887. The molecule has 2 bridgehead atoms. The van der Waals surface area contributed by atoms with Crippen LogP contribution in [-0.2, 0) is 23.8 Å². The van der Waals surface area contributed by atoms with Crippen molar-refractivity contribution in [1.82, 2.24) is 0 Å². The fraction of sp³-hybridized carbons (Fsp3) is 0.667. The lowest BCUT2D eigenvalue weighted by atomic mass is 9.79. The summed E-state index contributed by atoms with van der Waals surface area (Å²) in [6, 6.07) is 0. The summed E-state index contributed by atoms with van der Waals surface area (Å²) in [6.45, 7) is 1.95. The van der Waals surface area contributed by atoms with E-state index in [1.807, 2.05) is 0 Å². The van der Waals surface area contributed by atoms with E-state index in [-0.39, 0.29) is 12.2 Å². The highest BCUT2D eigenvalue weighted by Crippen LogP contribution is 2.45. The van der Waals surface area contributed by atoms with Gasteiger partial charge in [-0.05, 0) is 12.0 Å². The Hall–Kier alpha value is -1.36. The van der Waals surface area contributed by atoms with Gasteiger partial charge in [-0.15, -0.1) is 0 Å². The average molecular weight is 238 g/mol. The topological polar surface area (TPSA) is 61.8 Å². The van der Waals surface area contributed by atoms with Crippen molar-refractivity contribution in [2.75, 3.05) is 6.61 Å².